The molecule has 0 bridgehead atoms. The van der Waals surface area contributed by atoms with Crippen molar-refractivity contribution < 1.29 is 327 Å². The smallest absolute Gasteiger partial charge is 0.217 e. The van der Waals surface area contributed by atoms with Crippen LogP contribution >= 0.6 is 0 Å². The molecule has 0 aliphatic carbocycles. The Morgan fingerprint density at radius 1 is 0.173 bits per heavy atom. The van der Waals surface area contributed by atoms with E-state index in [-0.39, 0.29) is 0 Å². The van der Waals surface area contributed by atoms with E-state index in [4.69, 9.17) is 118 Å². The summed E-state index contributed by atoms with van der Waals surface area (Å²) in [5, 5.41) is 444. The molecule has 0 aromatic carbocycles. The lowest BCUT2D eigenvalue weighted by Crippen LogP contribution is -2.70. The summed E-state index contributed by atoms with van der Waals surface area (Å²) < 4.78 is 147. The van der Waals surface area contributed by atoms with Crippen LogP contribution in [0.2, 0.25) is 0 Å². The van der Waals surface area contributed by atoms with Crippen LogP contribution in [0.5, 0.6) is 0 Å². The van der Waals surface area contributed by atoms with Gasteiger partial charge in [0, 0.05) is 13.8 Å². The molecule has 0 aromatic heterocycles. The topological polar surface area (TPSA) is 1080 Å². The molecule has 13 saturated heterocycles. The Balaban J connectivity index is 0.846. The monoisotopic (exact) mass is 2210 g/mol. The Bertz CT molecular complexity index is 4070. The van der Waals surface area contributed by atoms with Gasteiger partial charge in [-0.1, -0.05) is 0 Å². The Hall–Kier alpha value is -3.62. The number of aliphatic hydroxyl groups excluding tert-OH is 39. The minimum Gasteiger partial charge on any atom is -0.394 e. The standard InChI is InChI=1S/C82H138N2O66/c1-16(96)83-31-44(109)60(27(12-94)128-70(31)125)141-71-32(84-17(2)97)45(110)61(28(13-95)138-71)142-78-59(124)65(146-81-69(52(117)39(104)23(8-90)136-81)150-82-68(51(116)38(103)24(9-91)137-82)149-77-58(123)63(41(106)26(11-93)133-77)144-76-57(122)62(40(105)25(10-92)132-76)143-73-53(118)46(111)33(98)18(3-85)129-73)43(108)30(140-78)14-126-72-56(121)64(145-80-67(50(115)37(102)22(7-89)135-80)148-75-55(120)48(113)35(100)20(5-87)131-75)42(107)29(139-72)15-127-79-66(49(114)36(101)21(6-88)134-79)147-74-54(119)47(112)34(99)19(4-86)130-74/h18-82,85-95,98-125H,3-15H2,1-2H3,(H,83,96)(H,84,97)/t18-,19-,20-,21-,22-,23-,24-,25-,26-,27-,28-,29-,30-,31-,32-,33+,34-,35-,36-,37-,38-,39-,40-,41-,42-,43-,44-,45-,46+,47+,48+,49+,50+,51+,52+,53-,54+,55+,56+,57-,58+,59+,60-,61-,62+,63+,64+,65+,66+,67+,68+,69+,70+,71+,72+,73?,74-,75-,76-,77-,78+,79+,80-,81-,82-/m1/s1. The van der Waals surface area contributed by atoms with Crippen molar-refractivity contribution in [1.29, 1.82) is 0 Å². The molecule has 0 radical (unpaired) electrons. The second-order valence-corrected chi connectivity index (χ2v) is 38.0. The molecule has 872 valence electrons. The van der Waals surface area contributed by atoms with E-state index in [0.29, 0.717) is 0 Å². The zero-order valence-electron chi connectivity index (χ0n) is 79.2. The number of carbonyl (C=O) groups excluding carboxylic acids is 2. The van der Waals surface area contributed by atoms with Gasteiger partial charge in [-0.15, -0.1) is 0 Å². The molecule has 0 saturated carbocycles. The van der Waals surface area contributed by atoms with Crippen LogP contribution in [0.3, 0.4) is 0 Å². The fourth-order valence-electron chi connectivity index (χ4n) is 19.4. The van der Waals surface area contributed by atoms with Gasteiger partial charge in [0.15, 0.2) is 81.8 Å². The third-order valence-corrected chi connectivity index (χ3v) is 28.0. The Labute approximate surface area is 845 Å². The Morgan fingerprint density at radius 3 is 0.680 bits per heavy atom. The normalized spacial score (nSPS) is 52.1. The van der Waals surface area contributed by atoms with Gasteiger partial charge >= 0.3 is 0 Å². The lowest BCUT2D eigenvalue weighted by molar-refractivity contribution is -0.412. The first-order chi connectivity index (χ1) is 71.1. The lowest BCUT2D eigenvalue weighted by Gasteiger charge is -2.51. The lowest BCUT2D eigenvalue weighted by atomic mass is 9.94. The Morgan fingerprint density at radius 2 is 0.367 bits per heavy atom. The summed E-state index contributed by atoms with van der Waals surface area (Å²) in [5.74, 6) is -1.89. The SMILES string of the molecule is CC(=O)N[C@@H]1[C@@H](O)[C@H](O[C@@H]2O[C@H](CO)[C@@H](O[C@@H]3O[C@H](CO[C@H]4O[C@H](CO[C@H]5O[C@H](CO)[C@@H](O)[C@H](O)[C@@H]5O[C@H]5O[C@H](CO)[C@@H](O)[C@H](O)[C@@H]5O)[C@@H](O)[C@H](O[C@H]5O[C@H](CO)[C@@H](O)[C@H](O)[C@@H]5O[C@H]5O[C@H](CO)[C@@H](O)[C@H](O)[C@@H]5O)[C@@H]4O)[C@@H](O)[C@H](O[C@H]4O[C@H](CO)[C@@H](O)[C@H](O)[C@@H]4O[C@H]4O[C@H](CO)[C@@H](O)[C@H](O)[C@@H]4O[C@H]4O[C@H](CO)[C@@H](O)[C@H](O[C@H]5O[C@H](CO)[C@@H](O)[C@H](OC6O[C@H](CO)[C@H](O)[C@H](O)[C@H]6O)[C@H]5O)[C@@H]4O)[C@@H]3O)[C@H](O)[C@H]2NC(C)=O)[C@@H](CO)O[C@@H]1O. The number of rotatable bonds is 39. The van der Waals surface area contributed by atoms with Crippen molar-refractivity contribution in [2.75, 3.05) is 85.9 Å². The Kier molecular flexibility index (Phi) is 44.2. The fourth-order valence-corrected chi connectivity index (χ4v) is 19.4. The van der Waals surface area contributed by atoms with E-state index in [1.807, 2.05) is 0 Å². The molecule has 0 spiro atoms. The van der Waals surface area contributed by atoms with Crippen LogP contribution in [-0.2, 0) is 128 Å². The molecule has 68 heteroatoms. The second-order valence-electron chi connectivity index (χ2n) is 38.0. The second kappa shape index (κ2) is 53.8. The first-order valence-electron chi connectivity index (χ1n) is 47.7. The van der Waals surface area contributed by atoms with Crippen LogP contribution in [-0.4, -0.2) is 696 Å². The minimum absolute atomic E-state index is 0.853. The molecule has 68 nitrogen and oxygen atoms in total. The number of hydrogen-bond acceptors (Lipinski definition) is 66. The van der Waals surface area contributed by atoms with Crippen LogP contribution in [0.1, 0.15) is 13.8 Å². The van der Waals surface area contributed by atoms with E-state index in [1.165, 1.54) is 0 Å². The maximum atomic E-state index is 13.3. The number of carbonyl (C=O) groups is 2. The van der Waals surface area contributed by atoms with Crippen molar-refractivity contribution in [3.8, 4) is 0 Å². The zero-order valence-corrected chi connectivity index (χ0v) is 79.2. The van der Waals surface area contributed by atoms with Gasteiger partial charge in [-0.25, -0.2) is 0 Å². The summed E-state index contributed by atoms with van der Waals surface area (Å²) in [7, 11) is 0. The third-order valence-electron chi connectivity index (χ3n) is 28.0. The highest BCUT2D eigenvalue weighted by Crippen LogP contribution is 2.44. The molecule has 13 fully saturated rings. The van der Waals surface area contributed by atoms with Crippen molar-refractivity contribution in [3.05, 3.63) is 0 Å². The third kappa shape index (κ3) is 26.2. The summed E-state index contributed by atoms with van der Waals surface area (Å²) in [6.07, 6.45) is -143. The van der Waals surface area contributed by atoms with Gasteiger partial charge in [0.1, 0.15) is 317 Å². The number of amides is 2. The van der Waals surface area contributed by atoms with Crippen molar-refractivity contribution in [1.82, 2.24) is 10.6 Å². The van der Waals surface area contributed by atoms with Crippen LogP contribution < -0.4 is 10.6 Å². The molecular formula is C82H138N2O66. The van der Waals surface area contributed by atoms with E-state index in [0.717, 1.165) is 13.8 Å². The molecular weight excluding hydrogens is 2070 g/mol. The largest absolute Gasteiger partial charge is 0.394 e. The molecule has 13 heterocycles. The molecule has 65 atom stereocenters. The number of aliphatic hydroxyl groups is 39. The summed E-state index contributed by atoms with van der Waals surface area (Å²) in [6, 6.07) is -3.81. The maximum Gasteiger partial charge on any atom is 0.217 e. The average molecular weight is 2210 g/mol. The van der Waals surface area contributed by atoms with Gasteiger partial charge in [-0.05, 0) is 0 Å². The van der Waals surface area contributed by atoms with E-state index in [2.05, 4.69) is 10.6 Å². The predicted molar refractivity (Wildman–Crippen MR) is 451 cm³/mol. The number of nitrogens with one attached hydrogen (secondary N) is 2. The fraction of sp³-hybridized carbons (Fsp3) is 0.976. The van der Waals surface area contributed by atoms with Crippen LogP contribution in [0.25, 0.3) is 0 Å². The maximum absolute atomic E-state index is 13.3. The summed E-state index contributed by atoms with van der Waals surface area (Å²) in [5.41, 5.74) is 0. The van der Waals surface area contributed by atoms with Gasteiger partial charge in [0.2, 0.25) is 11.8 Å². The van der Waals surface area contributed by atoms with E-state index in [1.54, 1.807) is 0 Å². The van der Waals surface area contributed by atoms with Crippen LogP contribution in [0.4, 0.5) is 0 Å². The number of hydrogen-bond donors (Lipinski definition) is 41. The molecule has 1 unspecified atom stereocenters. The summed E-state index contributed by atoms with van der Waals surface area (Å²) in [4.78, 5) is 25.6. The highest BCUT2D eigenvalue weighted by Gasteiger charge is 2.64. The van der Waals surface area contributed by atoms with Gasteiger partial charge in [0.05, 0.1) is 85.9 Å². The van der Waals surface area contributed by atoms with Crippen LogP contribution in [0.15, 0.2) is 0 Å². The first-order valence-corrected chi connectivity index (χ1v) is 47.7. The van der Waals surface area contributed by atoms with Crippen LogP contribution in [0, 0.1) is 0 Å². The van der Waals surface area contributed by atoms with Gasteiger partial charge in [-0.3, -0.25) is 9.59 Å². The van der Waals surface area contributed by atoms with E-state index >= 15 is 0 Å². The molecule has 13 aliphatic heterocycles. The van der Waals surface area contributed by atoms with Crippen molar-refractivity contribution in [3.63, 3.8) is 0 Å². The molecule has 13 aliphatic rings. The molecule has 150 heavy (non-hydrogen) atoms. The highest BCUT2D eigenvalue weighted by atomic mass is 16.8. The van der Waals surface area contributed by atoms with Crippen molar-refractivity contribution >= 4 is 11.8 Å². The van der Waals surface area contributed by atoms with E-state index in [9.17, 15) is 209 Å². The highest BCUT2D eigenvalue weighted by molar-refractivity contribution is 5.73. The van der Waals surface area contributed by atoms with E-state index < -0.39 is 497 Å². The zero-order chi connectivity index (χ0) is 110. The van der Waals surface area contributed by atoms with Crippen molar-refractivity contribution in [2.24, 2.45) is 0 Å². The first kappa shape index (κ1) is 123. The van der Waals surface area contributed by atoms with Gasteiger partial charge < -0.3 is 328 Å². The summed E-state index contributed by atoms with van der Waals surface area (Å²) in [6.45, 7) is -13.9. The van der Waals surface area contributed by atoms with Gasteiger partial charge in [0.25, 0.3) is 0 Å². The average Bonchev–Trinajstić information content (AvgIpc) is 0.765. The molecule has 0 aromatic rings. The minimum atomic E-state index is -2.79. The molecule has 13 rings (SSSR count). The predicted octanol–water partition coefficient (Wildman–Crippen LogP) is -29.0. The number of ether oxygens (including phenoxy) is 25. The molecule has 2 amide bonds. The summed E-state index contributed by atoms with van der Waals surface area (Å²) >= 11 is 0. The molecule has 41 N–H and O–H groups in total. The van der Waals surface area contributed by atoms with Crippen molar-refractivity contribution in [2.45, 2.75) is 413 Å². The van der Waals surface area contributed by atoms with Gasteiger partial charge in [-0.2, -0.15) is 0 Å². The quantitative estimate of drug-likeness (QED) is 0.0272.